The normalized spacial score (nSPS) is 12.4. The number of aliphatic hydroxyl groups excluding tert-OH is 1. The largest absolute Gasteiger partial charge is 0.462 e. The molecule has 5 nitrogen and oxygen atoms in total. The molecule has 2 rings (SSSR count). The van der Waals surface area contributed by atoms with E-state index in [0.717, 1.165) is 4.88 Å². The highest BCUT2D eigenvalue weighted by Gasteiger charge is 2.17. The van der Waals surface area contributed by atoms with Gasteiger partial charge in [-0.05, 0) is 25.0 Å². The molecule has 6 heteroatoms. The van der Waals surface area contributed by atoms with Gasteiger partial charge >= 0.3 is 0 Å². The zero-order chi connectivity index (χ0) is 13.8. The summed E-state index contributed by atoms with van der Waals surface area (Å²) in [6.45, 7) is 4.20. The lowest BCUT2D eigenvalue weighted by Gasteiger charge is -2.08. The van der Waals surface area contributed by atoms with Crippen LogP contribution in [0.25, 0.3) is 10.8 Å². The number of hydrogen-bond acceptors (Lipinski definition) is 5. The molecular weight excluding hydrogens is 264 g/mol. The lowest BCUT2D eigenvalue weighted by atomic mass is 10.2. The first-order chi connectivity index (χ1) is 9.11. The molecule has 0 aromatic carbocycles. The molecule has 1 unspecified atom stereocenters. The SMILES string of the molecule is Cc1sc(-c2ccco2)nc1C(=O)NCC(C)CO. The van der Waals surface area contributed by atoms with Crippen molar-refractivity contribution in [1.82, 2.24) is 10.3 Å². The van der Waals surface area contributed by atoms with E-state index in [-0.39, 0.29) is 18.4 Å². The maximum Gasteiger partial charge on any atom is 0.271 e. The molecule has 0 aliphatic heterocycles. The van der Waals surface area contributed by atoms with Crippen molar-refractivity contribution in [1.29, 1.82) is 0 Å². The Morgan fingerprint density at radius 2 is 2.42 bits per heavy atom. The number of aliphatic hydroxyl groups is 1. The monoisotopic (exact) mass is 280 g/mol. The number of aryl methyl sites for hydroxylation is 1. The minimum atomic E-state index is -0.216. The third-order valence-electron chi connectivity index (χ3n) is 2.67. The molecular formula is C13H16N2O3S. The quantitative estimate of drug-likeness (QED) is 0.879. The average molecular weight is 280 g/mol. The number of nitrogens with one attached hydrogen (secondary N) is 1. The molecule has 2 heterocycles. The maximum absolute atomic E-state index is 12.0. The Labute approximate surface area is 115 Å². The van der Waals surface area contributed by atoms with E-state index in [1.165, 1.54) is 11.3 Å². The van der Waals surface area contributed by atoms with Crippen LogP contribution in [0, 0.1) is 12.8 Å². The maximum atomic E-state index is 12.0. The summed E-state index contributed by atoms with van der Waals surface area (Å²) < 4.78 is 5.27. The van der Waals surface area contributed by atoms with Crippen molar-refractivity contribution in [3.8, 4) is 10.8 Å². The van der Waals surface area contributed by atoms with Crippen molar-refractivity contribution in [3.05, 3.63) is 29.0 Å². The summed E-state index contributed by atoms with van der Waals surface area (Å²) in [5, 5.41) is 12.4. The zero-order valence-electron chi connectivity index (χ0n) is 10.8. The van der Waals surface area contributed by atoms with Gasteiger partial charge in [0.1, 0.15) is 5.69 Å². The van der Waals surface area contributed by atoms with Gasteiger partial charge in [0.25, 0.3) is 5.91 Å². The number of rotatable bonds is 5. The highest BCUT2D eigenvalue weighted by molar-refractivity contribution is 7.15. The number of carbonyl (C=O) groups is 1. The summed E-state index contributed by atoms with van der Waals surface area (Å²) in [7, 11) is 0. The number of nitrogens with zero attached hydrogens (tertiary/aromatic N) is 1. The summed E-state index contributed by atoms with van der Waals surface area (Å²) in [4.78, 5) is 17.1. The molecule has 0 saturated carbocycles. The highest BCUT2D eigenvalue weighted by atomic mass is 32.1. The Balaban J connectivity index is 2.10. The van der Waals surface area contributed by atoms with Gasteiger partial charge in [-0.25, -0.2) is 4.98 Å². The van der Waals surface area contributed by atoms with Gasteiger partial charge in [-0.1, -0.05) is 6.92 Å². The third-order valence-corrected chi connectivity index (χ3v) is 3.65. The van der Waals surface area contributed by atoms with Gasteiger partial charge < -0.3 is 14.8 Å². The topological polar surface area (TPSA) is 75.4 Å². The smallest absolute Gasteiger partial charge is 0.271 e. The Hall–Kier alpha value is -1.66. The molecule has 1 atom stereocenters. The second-order valence-corrected chi connectivity index (χ2v) is 5.60. The molecule has 0 aliphatic rings. The van der Waals surface area contributed by atoms with E-state index in [2.05, 4.69) is 10.3 Å². The molecule has 0 fully saturated rings. The van der Waals surface area contributed by atoms with Crippen LogP contribution < -0.4 is 5.32 Å². The van der Waals surface area contributed by atoms with Crippen LogP contribution in [-0.2, 0) is 0 Å². The molecule has 2 aromatic heterocycles. The van der Waals surface area contributed by atoms with Crippen molar-refractivity contribution in [2.75, 3.05) is 13.2 Å². The van der Waals surface area contributed by atoms with Gasteiger partial charge in [0.2, 0.25) is 0 Å². The molecule has 1 amide bonds. The molecule has 2 N–H and O–H groups in total. The molecule has 0 saturated heterocycles. The van der Waals surface area contributed by atoms with E-state index in [4.69, 9.17) is 9.52 Å². The number of furan rings is 1. The van der Waals surface area contributed by atoms with E-state index in [0.29, 0.717) is 23.0 Å². The molecule has 0 aliphatic carbocycles. The van der Waals surface area contributed by atoms with E-state index in [1.54, 1.807) is 12.3 Å². The minimum Gasteiger partial charge on any atom is -0.462 e. The Morgan fingerprint density at radius 3 is 3.05 bits per heavy atom. The van der Waals surface area contributed by atoms with Crippen LogP contribution in [-0.4, -0.2) is 29.1 Å². The van der Waals surface area contributed by atoms with E-state index in [9.17, 15) is 4.79 Å². The van der Waals surface area contributed by atoms with Gasteiger partial charge in [-0.3, -0.25) is 4.79 Å². The minimum absolute atomic E-state index is 0.0347. The predicted octanol–water partition coefficient (Wildman–Crippen LogP) is 2.07. The fourth-order valence-electron chi connectivity index (χ4n) is 1.53. The standard InChI is InChI=1S/C13H16N2O3S/c1-8(7-16)6-14-12(17)11-9(2)19-13(15-11)10-4-3-5-18-10/h3-5,8,16H,6-7H2,1-2H3,(H,14,17). The fraction of sp³-hybridized carbons (Fsp3) is 0.385. The number of carbonyl (C=O) groups excluding carboxylic acids is 1. The summed E-state index contributed by atoms with van der Waals surface area (Å²) in [5.41, 5.74) is 0.418. The van der Waals surface area contributed by atoms with E-state index < -0.39 is 0 Å². The molecule has 19 heavy (non-hydrogen) atoms. The Kier molecular flexibility index (Phi) is 4.34. The Bertz CT molecular complexity index is 548. The van der Waals surface area contributed by atoms with Crippen molar-refractivity contribution in [3.63, 3.8) is 0 Å². The van der Waals surface area contributed by atoms with Crippen molar-refractivity contribution in [2.24, 2.45) is 5.92 Å². The van der Waals surface area contributed by atoms with Crippen LogP contribution in [0.3, 0.4) is 0 Å². The van der Waals surface area contributed by atoms with Crippen LogP contribution in [0.4, 0.5) is 0 Å². The van der Waals surface area contributed by atoms with Gasteiger partial charge in [-0.15, -0.1) is 11.3 Å². The summed E-state index contributed by atoms with van der Waals surface area (Å²) in [6.07, 6.45) is 1.58. The van der Waals surface area contributed by atoms with Crippen LogP contribution in [0.5, 0.6) is 0 Å². The Morgan fingerprint density at radius 1 is 1.63 bits per heavy atom. The second-order valence-electron chi connectivity index (χ2n) is 4.40. The van der Waals surface area contributed by atoms with Gasteiger partial charge in [0, 0.05) is 18.0 Å². The summed E-state index contributed by atoms with van der Waals surface area (Å²) in [6, 6.07) is 3.60. The first kappa shape index (κ1) is 13.8. The molecule has 0 radical (unpaired) electrons. The number of thiazole rings is 1. The number of amides is 1. The van der Waals surface area contributed by atoms with Gasteiger partial charge in [0.05, 0.1) is 6.26 Å². The molecule has 102 valence electrons. The van der Waals surface area contributed by atoms with Crippen LogP contribution in [0.2, 0.25) is 0 Å². The van der Waals surface area contributed by atoms with Gasteiger partial charge in [0.15, 0.2) is 10.8 Å². The highest BCUT2D eigenvalue weighted by Crippen LogP contribution is 2.27. The zero-order valence-corrected chi connectivity index (χ0v) is 11.7. The van der Waals surface area contributed by atoms with Gasteiger partial charge in [-0.2, -0.15) is 0 Å². The summed E-state index contributed by atoms with van der Waals surface area (Å²) >= 11 is 1.43. The molecule has 0 spiro atoms. The van der Waals surface area contributed by atoms with Crippen molar-refractivity contribution in [2.45, 2.75) is 13.8 Å². The van der Waals surface area contributed by atoms with Crippen LogP contribution in [0.1, 0.15) is 22.3 Å². The van der Waals surface area contributed by atoms with E-state index in [1.807, 2.05) is 19.9 Å². The van der Waals surface area contributed by atoms with Crippen LogP contribution in [0.15, 0.2) is 22.8 Å². The lowest BCUT2D eigenvalue weighted by molar-refractivity contribution is 0.0937. The first-order valence-electron chi connectivity index (χ1n) is 6.02. The average Bonchev–Trinajstić information content (AvgIpc) is 3.04. The predicted molar refractivity (Wildman–Crippen MR) is 73.1 cm³/mol. The first-order valence-corrected chi connectivity index (χ1v) is 6.83. The lowest BCUT2D eigenvalue weighted by Crippen LogP contribution is -2.30. The van der Waals surface area contributed by atoms with Crippen molar-refractivity contribution < 1.29 is 14.3 Å². The molecule has 2 aromatic rings. The van der Waals surface area contributed by atoms with Crippen molar-refractivity contribution >= 4 is 17.2 Å². The van der Waals surface area contributed by atoms with E-state index >= 15 is 0 Å². The number of aromatic nitrogens is 1. The summed E-state index contributed by atoms with van der Waals surface area (Å²) in [5.74, 6) is 0.482. The third kappa shape index (κ3) is 3.21. The van der Waals surface area contributed by atoms with Crippen LogP contribution >= 0.6 is 11.3 Å². The second kappa shape index (κ2) is 5.99. The fourth-order valence-corrected chi connectivity index (χ4v) is 2.41. The molecule has 0 bridgehead atoms. The number of hydrogen-bond donors (Lipinski definition) is 2.